The highest BCUT2D eigenvalue weighted by atomic mass is 19.4. The van der Waals surface area contributed by atoms with Gasteiger partial charge in [-0.2, -0.15) is 13.2 Å². The molecule has 1 N–H and O–H groups in total. The number of aromatic nitrogens is 3. The Labute approximate surface area is 119 Å². The van der Waals surface area contributed by atoms with Crippen LogP contribution < -0.4 is 0 Å². The lowest BCUT2D eigenvalue weighted by Gasteiger charge is -2.22. The minimum Gasteiger partial charge on any atom is -0.396 e. The minimum atomic E-state index is -4.44. The summed E-state index contributed by atoms with van der Waals surface area (Å²) in [5.41, 5.74) is -0.686. The van der Waals surface area contributed by atoms with Crippen molar-refractivity contribution in [2.45, 2.75) is 31.5 Å². The first-order chi connectivity index (χ1) is 10.0. The van der Waals surface area contributed by atoms with Gasteiger partial charge in [-0.05, 0) is 18.9 Å². The van der Waals surface area contributed by atoms with Gasteiger partial charge in [-0.3, -0.25) is 0 Å². The van der Waals surface area contributed by atoms with Gasteiger partial charge in [0, 0.05) is 18.0 Å². The fourth-order valence-corrected chi connectivity index (χ4v) is 2.76. The zero-order chi connectivity index (χ0) is 15.0. The van der Waals surface area contributed by atoms with Crippen LogP contribution in [0, 0.1) is 0 Å². The molecule has 0 amide bonds. The quantitative estimate of drug-likeness (QED) is 0.927. The van der Waals surface area contributed by atoms with Gasteiger partial charge in [-0.15, -0.1) is 10.2 Å². The predicted molar refractivity (Wildman–Crippen MR) is 69.5 cm³/mol. The molecule has 1 atom stereocenters. The van der Waals surface area contributed by atoms with E-state index in [0.717, 1.165) is 18.9 Å². The van der Waals surface area contributed by atoms with Crippen molar-refractivity contribution in [3.63, 3.8) is 0 Å². The third kappa shape index (κ3) is 2.42. The molecule has 0 saturated carbocycles. The molecule has 0 radical (unpaired) electrons. The standard InChI is InChI=1S/C14H14F3N3O/c15-14(16,17)11-6-2-1-5-10(11)13-19-18-12-9(8-21)4-3-7-20(12)13/h1-2,5-6,9,21H,3-4,7-8H2. The lowest BCUT2D eigenvalue weighted by molar-refractivity contribution is -0.137. The molecular formula is C14H14F3N3O. The topological polar surface area (TPSA) is 50.9 Å². The van der Waals surface area contributed by atoms with E-state index in [1.807, 2.05) is 0 Å². The summed E-state index contributed by atoms with van der Waals surface area (Å²) in [6.45, 7) is 0.499. The maximum Gasteiger partial charge on any atom is 0.417 e. The van der Waals surface area contributed by atoms with Crippen LogP contribution in [-0.2, 0) is 12.7 Å². The van der Waals surface area contributed by atoms with E-state index >= 15 is 0 Å². The average molecular weight is 297 g/mol. The fraction of sp³-hybridized carbons (Fsp3) is 0.429. The second-order valence-electron chi connectivity index (χ2n) is 5.10. The van der Waals surface area contributed by atoms with Crippen LogP contribution in [0.5, 0.6) is 0 Å². The second kappa shape index (κ2) is 5.14. The Morgan fingerprint density at radius 2 is 2.00 bits per heavy atom. The van der Waals surface area contributed by atoms with Crippen LogP contribution in [0.3, 0.4) is 0 Å². The number of halogens is 3. The highest BCUT2D eigenvalue weighted by Gasteiger charge is 2.35. The maximum atomic E-state index is 13.1. The van der Waals surface area contributed by atoms with E-state index in [9.17, 15) is 18.3 Å². The Kier molecular flexibility index (Phi) is 3.44. The van der Waals surface area contributed by atoms with Gasteiger partial charge < -0.3 is 9.67 Å². The van der Waals surface area contributed by atoms with Crippen LogP contribution in [0.2, 0.25) is 0 Å². The minimum absolute atomic E-state index is 0.0299. The highest BCUT2D eigenvalue weighted by Crippen LogP contribution is 2.38. The number of aliphatic hydroxyl groups excluding tert-OH is 1. The fourth-order valence-electron chi connectivity index (χ4n) is 2.76. The number of hydrogen-bond donors (Lipinski definition) is 1. The van der Waals surface area contributed by atoms with Crippen molar-refractivity contribution in [1.29, 1.82) is 0 Å². The Hall–Kier alpha value is -1.89. The van der Waals surface area contributed by atoms with Gasteiger partial charge in [0.05, 0.1) is 12.2 Å². The summed E-state index contributed by atoms with van der Waals surface area (Å²) in [4.78, 5) is 0. The maximum absolute atomic E-state index is 13.1. The molecule has 1 aromatic heterocycles. The van der Waals surface area contributed by atoms with E-state index in [2.05, 4.69) is 10.2 Å². The zero-order valence-electron chi connectivity index (χ0n) is 11.1. The van der Waals surface area contributed by atoms with Crippen LogP contribution >= 0.6 is 0 Å². The lowest BCUT2D eigenvalue weighted by atomic mass is 9.99. The smallest absolute Gasteiger partial charge is 0.396 e. The Morgan fingerprint density at radius 1 is 1.24 bits per heavy atom. The summed E-state index contributed by atoms with van der Waals surface area (Å²) in [7, 11) is 0. The van der Waals surface area contributed by atoms with Gasteiger partial charge >= 0.3 is 6.18 Å². The van der Waals surface area contributed by atoms with Gasteiger partial charge in [-0.25, -0.2) is 0 Å². The summed E-state index contributed by atoms with van der Waals surface area (Å²) < 4.78 is 41.0. The monoisotopic (exact) mass is 297 g/mol. The molecule has 4 nitrogen and oxygen atoms in total. The van der Waals surface area contributed by atoms with E-state index < -0.39 is 11.7 Å². The summed E-state index contributed by atoms with van der Waals surface area (Å²) >= 11 is 0. The molecule has 0 saturated heterocycles. The lowest BCUT2D eigenvalue weighted by Crippen LogP contribution is -2.19. The van der Waals surface area contributed by atoms with Gasteiger partial charge in [0.25, 0.3) is 0 Å². The summed E-state index contributed by atoms with van der Waals surface area (Å²) in [5, 5.41) is 17.3. The van der Waals surface area contributed by atoms with Crippen molar-refractivity contribution in [2.24, 2.45) is 0 Å². The number of hydrogen-bond acceptors (Lipinski definition) is 3. The molecule has 1 aromatic carbocycles. The Balaban J connectivity index is 2.13. The van der Waals surface area contributed by atoms with Crippen LogP contribution in [0.15, 0.2) is 24.3 Å². The predicted octanol–water partition coefficient (Wildman–Crippen LogP) is 2.83. The normalized spacial score (nSPS) is 18.6. The largest absolute Gasteiger partial charge is 0.417 e. The number of rotatable bonds is 2. The van der Waals surface area contributed by atoms with Crippen LogP contribution in [0.4, 0.5) is 13.2 Å². The molecule has 1 unspecified atom stereocenters. The molecule has 0 bridgehead atoms. The first kappa shape index (κ1) is 14.1. The number of nitrogens with zero attached hydrogens (tertiary/aromatic N) is 3. The number of fused-ring (bicyclic) bond motifs is 1. The SMILES string of the molecule is OCC1CCCn2c(-c3ccccc3C(F)(F)F)nnc21. The van der Waals surface area contributed by atoms with Gasteiger partial charge in [0.1, 0.15) is 5.82 Å². The Morgan fingerprint density at radius 3 is 2.71 bits per heavy atom. The molecular weight excluding hydrogens is 283 g/mol. The van der Waals surface area contributed by atoms with E-state index in [1.54, 1.807) is 10.6 Å². The van der Waals surface area contributed by atoms with Crippen molar-refractivity contribution >= 4 is 0 Å². The van der Waals surface area contributed by atoms with Crippen molar-refractivity contribution in [3.05, 3.63) is 35.7 Å². The van der Waals surface area contributed by atoms with Crippen molar-refractivity contribution in [3.8, 4) is 11.4 Å². The molecule has 1 aliphatic heterocycles. The van der Waals surface area contributed by atoms with Crippen LogP contribution in [-0.4, -0.2) is 26.5 Å². The molecule has 112 valence electrons. The van der Waals surface area contributed by atoms with E-state index in [-0.39, 0.29) is 23.9 Å². The van der Waals surface area contributed by atoms with Gasteiger partial charge in [-0.1, -0.05) is 18.2 Å². The van der Waals surface area contributed by atoms with E-state index in [0.29, 0.717) is 12.4 Å². The first-order valence-electron chi connectivity index (χ1n) is 6.73. The van der Waals surface area contributed by atoms with Crippen molar-refractivity contribution in [1.82, 2.24) is 14.8 Å². The highest BCUT2D eigenvalue weighted by molar-refractivity contribution is 5.61. The average Bonchev–Trinajstić information content (AvgIpc) is 2.90. The van der Waals surface area contributed by atoms with E-state index in [1.165, 1.54) is 12.1 Å². The molecule has 0 aliphatic carbocycles. The summed E-state index contributed by atoms with van der Waals surface area (Å²) in [6.07, 6.45) is -2.87. The Bertz CT molecular complexity index is 651. The molecule has 2 heterocycles. The third-order valence-electron chi connectivity index (χ3n) is 3.77. The molecule has 21 heavy (non-hydrogen) atoms. The molecule has 7 heteroatoms. The molecule has 1 aliphatic rings. The zero-order valence-corrected chi connectivity index (χ0v) is 11.1. The summed E-state index contributed by atoms with van der Waals surface area (Å²) in [5.74, 6) is 0.629. The summed E-state index contributed by atoms with van der Waals surface area (Å²) in [6, 6.07) is 5.36. The number of benzene rings is 1. The van der Waals surface area contributed by atoms with Crippen LogP contribution in [0.1, 0.15) is 30.1 Å². The molecule has 0 fully saturated rings. The first-order valence-corrected chi connectivity index (χ1v) is 6.73. The molecule has 2 aromatic rings. The van der Waals surface area contributed by atoms with Crippen molar-refractivity contribution < 1.29 is 18.3 Å². The van der Waals surface area contributed by atoms with Crippen molar-refractivity contribution in [2.75, 3.05) is 6.61 Å². The second-order valence-corrected chi connectivity index (χ2v) is 5.10. The van der Waals surface area contributed by atoms with Gasteiger partial charge in [0.15, 0.2) is 5.82 Å². The van der Waals surface area contributed by atoms with Crippen LogP contribution in [0.25, 0.3) is 11.4 Å². The third-order valence-corrected chi connectivity index (χ3v) is 3.77. The van der Waals surface area contributed by atoms with E-state index in [4.69, 9.17) is 0 Å². The number of aliphatic hydroxyl groups is 1. The molecule has 3 rings (SSSR count). The number of alkyl halides is 3. The molecule has 0 spiro atoms. The van der Waals surface area contributed by atoms with Gasteiger partial charge in [0.2, 0.25) is 0 Å².